The molecule has 1 amide bonds. The molecule has 0 radical (unpaired) electrons. The van der Waals surface area contributed by atoms with Gasteiger partial charge in [0.15, 0.2) is 0 Å². The van der Waals surface area contributed by atoms with Crippen LogP contribution in [-0.4, -0.2) is 40.5 Å². The molecule has 0 bridgehead atoms. The molecule has 1 aromatic rings. The van der Waals surface area contributed by atoms with E-state index in [0.717, 1.165) is 29.8 Å². The number of halogens is 1. The number of hydrogen-bond donors (Lipinski definition) is 3. The van der Waals surface area contributed by atoms with Crippen LogP contribution in [-0.2, 0) is 14.8 Å². The van der Waals surface area contributed by atoms with Crippen molar-refractivity contribution in [3.8, 4) is 0 Å². The molecule has 24 heavy (non-hydrogen) atoms. The van der Waals surface area contributed by atoms with Crippen LogP contribution in [0.15, 0.2) is 17.0 Å². The van der Waals surface area contributed by atoms with E-state index in [1.807, 2.05) is 19.1 Å². The van der Waals surface area contributed by atoms with E-state index in [4.69, 9.17) is 0 Å². The maximum absolute atomic E-state index is 12.4. The van der Waals surface area contributed by atoms with Gasteiger partial charge in [-0.15, -0.1) is 12.4 Å². The van der Waals surface area contributed by atoms with Gasteiger partial charge in [0.1, 0.15) is 0 Å². The second-order valence-corrected chi connectivity index (χ2v) is 7.91. The third-order valence-corrected chi connectivity index (χ3v) is 5.74. The molecular formula is C16H26ClN3O3S. The normalized spacial score (nSPS) is 14.6. The molecule has 1 aliphatic rings. The molecule has 0 aliphatic carbocycles. The first-order chi connectivity index (χ1) is 10.8. The van der Waals surface area contributed by atoms with Gasteiger partial charge in [-0.25, -0.2) is 13.1 Å². The lowest BCUT2D eigenvalue weighted by molar-refractivity contribution is -0.121. The van der Waals surface area contributed by atoms with Gasteiger partial charge in [-0.3, -0.25) is 4.79 Å². The van der Waals surface area contributed by atoms with Crippen molar-refractivity contribution in [3.05, 3.63) is 28.8 Å². The Kier molecular flexibility index (Phi) is 7.66. The Bertz CT molecular complexity index is 665. The molecule has 1 aliphatic heterocycles. The van der Waals surface area contributed by atoms with Crippen LogP contribution in [0.25, 0.3) is 0 Å². The highest BCUT2D eigenvalue weighted by atomic mass is 35.5. The van der Waals surface area contributed by atoms with Gasteiger partial charge in [0, 0.05) is 38.5 Å². The second kappa shape index (κ2) is 8.80. The van der Waals surface area contributed by atoms with E-state index in [2.05, 4.69) is 15.4 Å². The summed E-state index contributed by atoms with van der Waals surface area (Å²) in [5.74, 6) is 0.366. The number of amides is 1. The number of hydrogen-bond acceptors (Lipinski definition) is 4. The maximum atomic E-state index is 12.4. The highest BCUT2D eigenvalue weighted by Crippen LogP contribution is 2.21. The smallest absolute Gasteiger partial charge is 0.241 e. The van der Waals surface area contributed by atoms with Gasteiger partial charge in [-0.05, 0) is 31.9 Å². The molecule has 0 aromatic heterocycles. The Hall–Kier alpha value is -1.15. The van der Waals surface area contributed by atoms with E-state index in [1.54, 1.807) is 13.8 Å². The number of benzene rings is 1. The molecule has 8 heteroatoms. The van der Waals surface area contributed by atoms with Crippen molar-refractivity contribution >= 4 is 28.3 Å². The summed E-state index contributed by atoms with van der Waals surface area (Å²) in [7, 11) is -3.60. The lowest BCUT2D eigenvalue weighted by atomic mass is 10.0. The van der Waals surface area contributed by atoms with Gasteiger partial charge < -0.3 is 10.6 Å². The van der Waals surface area contributed by atoms with Gasteiger partial charge >= 0.3 is 0 Å². The Morgan fingerprint density at radius 2 is 1.79 bits per heavy atom. The minimum Gasteiger partial charge on any atom is -0.356 e. The van der Waals surface area contributed by atoms with Crippen LogP contribution in [0.2, 0.25) is 0 Å². The van der Waals surface area contributed by atoms with Gasteiger partial charge in [0.25, 0.3) is 0 Å². The molecule has 0 saturated carbocycles. The zero-order valence-electron chi connectivity index (χ0n) is 14.3. The van der Waals surface area contributed by atoms with Crippen LogP contribution in [0.5, 0.6) is 0 Å². The third kappa shape index (κ3) is 5.44. The fourth-order valence-electron chi connectivity index (χ4n) is 2.80. The number of sulfonamides is 1. The molecule has 0 unspecified atom stereocenters. The predicted octanol–water partition coefficient (Wildman–Crippen LogP) is 1.04. The van der Waals surface area contributed by atoms with E-state index < -0.39 is 10.0 Å². The van der Waals surface area contributed by atoms with Crippen LogP contribution in [0.3, 0.4) is 0 Å². The van der Waals surface area contributed by atoms with Crippen LogP contribution >= 0.6 is 12.4 Å². The maximum Gasteiger partial charge on any atom is 0.241 e. The van der Waals surface area contributed by atoms with Gasteiger partial charge in [-0.1, -0.05) is 17.7 Å². The van der Waals surface area contributed by atoms with Crippen molar-refractivity contribution in [2.75, 3.05) is 26.2 Å². The monoisotopic (exact) mass is 375 g/mol. The zero-order chi connectivity index (χ0) is 17.0. The van der Waals surface area contributed by atoms with Crippen LogP contribution < -0.4 is 15.4 Å². The number of carbonyl (C=O) groups excluding carboxylic acids is 1. The third-order valence-electron chi connectivity index (χ3n) is 3.97. The van der Waals surface area contributed by atoms with E-state index >= 15 is 0 Å². The van der Waals surface area contributed by atoms with Crippen molar-refractivity contribution in [1.29, 1.82) is 0 Å². The van der Waals surface area contributed by atoms with Crippen molar-refractivity contribution in [2.24, 2.45) is 5.92 Å². The van der Waals surface area contributed by atoms with E-state index in [9.17, 15) is 13.2 Å². The number of carbonyl (C=O) groups is 1. The summed E-state index contributed by atoms with van der Waals surface area (Å²) in [5.41, 5.74) is 2.47. The summed E-state index contributed by atoms with van der Waals surface area (Å²) in [6.45, 7) is 8.12. The molecule has 1 fully saturated rings. The first-order valence-electron chi connectivity index (χ1n) is 7.84. The van der Waals surface area contributed by atoms with Crippen LogP contribution in [0, 0.1) is 26.7 Å². The van der Waals surface area contributed by atoms with Crippen molar-refractivity contribution in [2.45, 2.75) is 32.1 Å². The summed E-state index contributed by atoms with van der Waals surface area (Å²) in [4.78, 5) is 12.0. The molecule has 1 aromatic carbocycles. The Morgan fingerprint density at radius 1 is 1.21 bits per heavy atom. The minimum atomic E-state index is -3.60. The quantitative estimate of drug-likeness (QED) is 0.664. The van der Waals surface area contributed by atoms with E-state index in [1.165, 1.54) is 0 Å². The summed E-state index contributed by atoms with van der Waals surface area (Å²) in [5, 5.41) is 5.96. The molecule has 0 atom stereocenters. The van der Waals surface area contributed by atoms with Crippen LogP contribution in [0.4, 0.5) is 0 Å². The van der Waals surface area contributed by atoms with Crippen molar-refractivity contribution in [3.63, 3.8) is 0 Å². The van der Waals surface area contributed by atoms with Gasteiger partial charge in [-0.2, -0.15) is 0 Å². The predicted molar refractivity (Wildman–Crippen MR) is 97.1 cm³/mol. The average molecular weight is 376 g/mol. The molecule has 1 saturated heterocycles. The molecular weight excluding hydrogens is 350 g/mol. The van der Waals surface area contributed by atoms with Crippen molar-refractivity contribution < 1.29 is 13.2 Å². The lowest BCUT2D eigenvalue weighted by Gasteiger charge is -2.27. The van der Waals surface area contributed by atoms with Crippen LogP contribution in [0.1, 0.15) is 23.1 Å². The topological polar surface area (TPSA) is 87.3 Å². The zero-order valence-corrected chi connectivity index (χ0v) is 15.9. The average Bonchev–Trinajstić information content (AvgIpc) is 2.34. The van der Waals surface area contributed by atoms with Crippen molar-refractivity contribution in [1.82, 2.24) is 15.4 Å². The standard InChI is InChI=1S/C16H25N3O3S.ClH/c1-11-6-12(2)16(13(3)7-11)23(21,22)19-5-4-15(20)18-10-14-8-17-9-14;/h6-7,14,17,19H,4-5,8-10H2,1-3H3,(H,18,20);1H. The Balaban J connectivity index is 0.00000288. The fourth-order valence-corrected chi connectivity index (χ4v) is 4.28. The number of nitrogens with one attached hydrogen (secondary N) is 3. The molecule has 3 N–H and O–H groups in total. The number of aryl methyl sites for hydroxylation is 3. The Morgan fingerprint density at radius 3 is 2.29 bits per heavy atom. The van der Waals surface area contributed by atoms with Gasteiger partial charge in [0.2, 0.25) is 15.9 Å². The molecule has 2 rings (SSSR count). The van der Waals surface area contributed by atoms with E-state index in [0.29, 0.717) is 17.4 Å². The molecule has 6 nitrogen and oxygen atoms in total. The fraction of sp³-hybridized carbons (Fsp3) is 0.562. The molecule has 1 heterocycles. The highest BCUT2D eigenvalue weighted by molar-refractivity contribution is 7.89. The minimum absolute atomic E-state index is 0. The first kappa shape index (κ1) is 20.9. The number of rotatable bonds is 7. The lowest BCUT2D eigenvalue weighted by Crippen LogP contribution is -2.48. The second-order valence-electron chi connectivity index (χ2n) is 6.20. The highest BCUT2D eigenvalue weighted by Gasteiger charge is 2.20. The van der Waals surface area contributed by atoms with E-state index in [-0.39, 0.29) is 31.3 Å². The first-order valence-corrected chi connectivity index (χ1v) is 9.33. The Labute approximate surface area is 150 Å². The molecule has 0 spiro atoms. The van der Waals surface area contributed by atoms with Gasteiger partial charge in [0.05, 0.1) is 4.90 Å². The largest absolute Gasteiger partial charge is 0.356 e. The summed E-state index contributed by atoms with van der Waals surface area (Å²) >= 11 is 0. The summed E-state index contributed by atoms with van der Waals surface area (Å²) in [6, 6.07) is 3.70. The SMILES string of the molecule is Cc1cc(C)c(S(=O)(=O)NCCC(=O)NCC2CNC2)c(C)c1.Cl. The summed E-state index contributed by atoms with van der Waals surface area (Å²) in [6.07, 6.45) is 0.142. The summed E-state index contributed by atoms with van der Waals surface area (Å²) < 4.78 is 27.4. The molecule has 136 valence electrons.